The molecule has 0 spiro atoms. The van der Waals surface area contributed by atoms with Crippen molar-refractivity contribution >= 4 is 11.8 Å². The van der Waals surface area contributed by atoms with E-state index in [9.17, 15) is 8.78 Å². The average Bonchev–Trinajstić information content (AvgIpc) is 2.38. The van der Waals surface area contributed by atoms with Crippen LogP contribution < -0.4 is 0 Å². The molecule has 0 N–H and O–H groups in total. The highest BCUT2D eigenvalue weighted by molar-refractivity contribution is 7.99. The lowest BCUT2D eigenvalue weighted by Crippen LogP contribution is -1.95. The quantitative estimate of drug-likeness (QED) is 0.709. The summed E-state index contributed by atoms with van der Waals surface area (Å²) in [6.45, 7) is 4.07. The van der Waals surface area contributed by atoms with Crippen LogP contribution in [0, 0.1) is 11.6 Å². The fraction of sp³-hybridized carbons (Fsp3) is 0.250. The summed E-state index contributed by atoms with van der Waals surface area (Å²) in [6.07, 6.45) is 0. The summed E-state index contributed by atoms with van der Waals surface area (Å²) in [5, 5.41) is 0.322. The minimum atomic E-state index is -0.219. The monoisotopic (exact) mass is 278 g/mol. The topological polar surface area (TPSA) is 0 Å². The maximum atomic E-state index is 13.2. The summed E-state index contributed by atoms with van der Waals surface area (Å²) in [6, 6.07) is 13.3. The standard InChI is InChI=1S/C16H16F2S/c1-11(13-5-3-7-15(17)9-13)19-12(2)14-6-4-8-16(18)10-14/h3-12H,1-2H3. The summed E-state index contributed by atoms with van der Waals surface area (Å²) >= 11 is 1.69. The van der Waals surface area contributed by atoms with Crippen molar-refractivity contribution in [2.24, 2.45) is 0 Å². The lowest BCUT2D eigenvalue weighted by atomic mass is 10.1. The zero-order valence-corrected chi connectivity index (χ0v) is 11.8. The molecule has 2 aromatic rings. The Morgan fingerprint density at radius 2 is 1.21 bits per heavy atom. The van der Waals surface area contributed by atoms with Crippen LogP contribution >= 0.6 is 11.8 Å². The Labute approximate surface area is 116 Å². The number of hydrogen-bond acceptors (Lipinski definition) is 1. The Kier molecular flexibility index (Phi) is 4.59. The van der Waals surface area contributed by atoms with Gasteiger partial charge >= 0.3 is 0 Å². The molecule has 100 valence electrons. The molecule has 0 aromatic heterocycles. The lowest BCUT2D eigenvalue weighted by Gasteiger charge is -2.18. The number of hydrogen-bond donors (Lipinski definition) is 0. The summed E-state index contributed by atoms with van der Waals surface area (Å²) in [4.78, 5) is 0. The van der Waals surface area contributed by atoms with Crippen molar-refractivity contribution in [2.75, 3.05) is 0 Å². The van der Waals surface area contributed by atoms with E-state index < -0.39 is 0 Å². The highest BCUT2D eigenvalue weighted by Gasteiger charge is 2.13. The molecule has 0 fully saturated rings. The maximum absolute atomic E-state index is 13.2. The summed E-state index contributed by atoms with van der Waals surface area (Å²) in [7, 11) is 0. The number of rotatable bonds is 4. The van der Waals surface area contributed by atoms with Crippen molar-refractivity contribution in [3.8, 4) is 0 Å². The highest BCUT2D eigenvalue weighted by Crippen LogP contribution is 2.39. The van der Waals surface area contributed by atoms with E-state index in [1.165, 1.54) is 12.1 Å². The number of benzene rings is 2. The number of thioether (sulfide) groups is 1. The lowest BCUT2D eigenvalue weighted by molar-refractivity contribution is 0.625. The molecule has 3 heteroatoms. The molecule has 0 heterocycles. The second-order valence-corrected chi connectivity index (χ2v) is 6.22. The minimum Gasteiger partial charge on any atom is -0.207 e. The summed E-state index contributed by atoms with van der Waals surface area (Å²) in [5.41, 5.74) is 1.90. The van der Waals surface area contributed by atoms with Gasteiger partial charge in [0.1, 0.15) is 11.6 Å². The molecule has 0 aliphatic heterocycles. The molecule has 0 bridgehead atoms. The van der Waals surface area contributed by atoms with Gasteiger partial charge in [0.25, 0.3) is 0 Å². The molecule has 0 amide bonds. The fourth-order valence-electron chi connectivity index (χ4n) is 1.98. The second-order valence-electron chi connectivity index (χ2n) is 4.53. The Hall–Kier alpha value is -1.35. The van der Waals surface area contributed by atoms with Crippen LogP contribution in [0.1, 0.15) is 35.5 Å². The molecule has 2 atom stereocenters. The molecule has 0 aliphatic carbocycles. The molecular weight excluding hydrogens is 262 g/mol. The third-order valence-corrected chi connectivity index (χ3v) is 4.41. The van der Waals surface area contributed by atoms with Crippen LogP contribution in [0.3, 0.4) is 0 Å². The molecule has 2 rings (SSSR count). The van der Waals surface area contributed by atoms with Crippen LogP contribution in [0.15, 0.2) is 48.5 Å². The van der Waals surface area contributed by atoms with Crippen molar-refractivity contribution in [2.45, 2.75) is 24.3 Å². The van der Waals surface area contributed by atoms with Gasteiger partial charge in [0, 0.05) is 10.5 Å². The van der Waals surface area contributed by atoms with Crippen LogP contribution in [-0.4, -0.2) is 0 Å². The van der Waals surface area contributed by atoms with Crippen LogP contribution in [0.4, 0.5) is 8.78 Å². The van der Waals surface area contributed by atoms with Crippen LogP contribution in [0.2, 0.25) is 0 Å². The van der Waals surface area contributed by atoms with E-state index in [0.717, 1.165) is 11.1 Å². The van der Waals surface area contributed by atoms with Crippen molar-refractivity contribution in [3.63, 3.8) is 0 Å². The molecule has 2 unspecified atom stereocenters. The predicted octanol–water partition coefficient (Wildman–Crippen LogP) is 5.52. The summed E-state index contributed by atoms with van der Waals surface area (Å²) < 4.78 is 26.4. The smallest absolute Gasteiger partial charge is 0.123 e. The van der Waals surface area contributed by atoms with Gasteiger partial charge in [-0.25, -0.2) is 8.78 Å². The Morgan fingerprint density at radius 1 is 0.789 bits per heavy atom. The minimum absolute atomic E-state index is 0.161. The van der Waals surface area contributed by atoms with Gasteiger partial charge in [-0.3, -0.25) is 0 Å². The van der Waals surface area contributed by atoms with Crippen molar-refractivity contribution in [1.82, 2.24) is 0 Å². The van der Waals surface area contributed by atoms with Crippen LogP contribution in [0.5, 0.6) is 0 Å². The normalized spacial score (nSPS) is 14.1. The van der Waals surface area contributed by atoms with E-state index in [0.29, 0.717) is 0 Å². The zero-order valence-electron chi connectivity index (χ0n) is 10.9. The van der Waals surface area contributed by atoms with E-state index in [1.807, 2.05) is 26.0 Å². The third-order valence-electron chi connectivity index (χ3n) is 3.04. The molecule has 0 saturated carbocycles. The van der Waals surface area contributed by atoms with Gasteiger partial charge in [-0.05, 0) is 49.2 Å². The van der Waals surface area contributed by atoms with E-state index in [2.05, 4.69) is 0 Å². The van der Waals surface area contributed by atoms with Gasteiger partial charge in [-0.15, -0.1) is 11.8 Å². The Balaban J connectivity index is 2.08. The summed E-state index contributed by atoms with van der Waals surface area (Å²) in [5.74, 6) is -0.438. The van der Waals surface area contributed by atoms with E-state index in [-0.39, 0.29) is 22.1 Å². The van der Waals surface area contributed by atoms with Gasteiger partial charge in [0.05, 0.1) is 0 Å². The van der Waals surface area contributed by atoms with Gasteiger partial charge in [-0.2, -0.15) is 0 Å². The molecule has 0 radical (unpaired) electrons. The van der Waals surface area contributed by atoms with E-state index in [1.54, 1.807) is 36.0 Å². The van der Waals surface area contributed by atoms with Crippen molar-refractivity contribution < 1.29 is 8.78 Å². The first-order valence-corrected chi connectivity index (χ1v) is 7.17. The first-order chi connectivity index (χ1) is 9.06. The van der Waals surface area contributed by atoms with E-state index in [4.69, 9.17) is 0 Å². The zero-order chi connectivity index (χ0) is 13.8. The van der Waals surface area contributed by atoms with Crippen molar-refractivity contribution in [3.05, 3.63) is 71.3 Å². The molecule has 0 nitrogen and oxygen atoms in total. The van der Waals surface area contributed by atoms with E-state index >= 15 is 0 Å². The Bertz CT molecular complexity index is 504. The SMILES string of the molecule is CC(SC(C)c1cccc(F)c1)c1cccc(F)c1. The fourth-order valence-corrected chi connectivity index (χ4v) is 3.20. The molecule has 0 saturated heterocycles. The van der Waals surface area contributed by atoms with Gasteiger partial charge < -0.3 is 0 Å². The van der Waals surface area contributed by atoms with Crippen LogP contribution in [0.25, 0.3) is 0 Å². The van der Waals surface area contributed by atoms with Gasteiger partial charge in [0.15, 0.2) is 0 Å². The molecule has 0 aliphatic rings. The maximum Gasteiger partial charge on any atom is 0.123 e. The first-order valence-electron chi connectivity index (χ1n) is 6.22. The predicted molar refractivity (Wildman–Crippen MR) is 77.2 cm³/mol. The molecule has 19 heavy (non-hydrogen) atoms. The first kappa shape index (κ1) is 14.1. The largest absolute Gasteiger partial charge is 0.207 e. The average molecular weight is 278 g/mol. The second kappa shape index (κ2) is 6.20. The third kappa shape index (κ3) is 3.80. The van der Waals surface area contributed by atoms with Gasteiger partial charge in [-0.1, -0.05) is 24.3 Å². The number of halogens is 2. The van der Waals surface area contributed by atoms with Crippen molar-refractivity contribution in [1.29, 1.82) is 0 Å². The molecule has 2 aromatic carbocycles. The van der Waals surface area contributed by atoms with Crippen LogP contribution in [-0.2, 0) is 0 Å². The molecular formula is C16H16F2S. The highest BCUT2D eigenvalue weighted by atomic mass is 32.2. The van der Waals surface area contributed by atoms with Gasteiger partial charge in [0.2, 0.25) is 0 Å². The Morgan fingerprint density at radius 3 is 1.58 bits per heavy atom.